The number of amides is 1. The van der Waals surface area contributed by atoms with Crippen LogP contribution in [0, 0.1) is 17.8 Å². The van der Waals surface area contributed by atoms with E-state index in [1.165, 1.54) is 0 Å². The van der Waals surface area contributed by atoms with E-state index in [1.54, 1.807) is 4.90 Å². The lowest BCUT2D eigenvalue weighted by molar-refractivity contribution is -0.137. The van der Waals surface area contributed by atoms with Crippen molar-refractivity contribution in [2.24, 2.45) is 17.8 Å². The number of aromatic amines is 1. The summed E-state index contributed by atoms with van der Waals surface area (Å²) in [7, 11) is 0. The maximum absolute atomic E-state index is 13.5. The zero-order chi connectivity index (χ0) is 16.2. The topological polar surface area (TPSA) is 79.2 Å². The molecule has 0 radical (unpaired) electrons. The van der Waals surface area contributed by atoms with Gasteiger partial charge < -0.3 is 9.32 Å². The molecule has 0 spiro atoms. The summed E-state index contributed by atoms with van der Waals surface area (Å²) >= 11 is 0. The number of carbonyl (C=O) groups is 1. The minimum atomic E-state index is -2.54. The molecule has 0 bridgehead atoms. The van der Waals surface area contributed by atoms with E-state index in [-0.39, 0.29) is 17.7 Å². The summed E-state index contributed by atoms with van der Waals surface area (Å²) < 4.78 is 31.9. The van der Waals surface area contributed by atoms with Gasteiger partial charge in [0.15, 0.2) is 0 Å². The van der Waals surface area contributed by atoms with Gasteiger partial charge in [0.25, 0.3) is 5.92 Å². The van der Waals surface area contributed by atoms with Crippen LogP contribution in [0.5, 0.6) is 0 Å². The van der Waals surface area contributed by atoms with Crippen molar-refractivity contribution in [1.82, 2.24) is 15.1 Å². The van der Waals surface area contributed by atoms with E-state index in [1.807, 2.05) is 0 Å². The third-order valence-electron chi connectivity index (χ3n) is 5.69. The van der Waals surface area contributed by atoms with Gasteiger partial charge >= 0.3 is 5.76 Å². The van der Waals surface area contributed by atoms with Crippen LogP contribution in [0.4, 0.5) is 8.78 Å². The van der Waals surface area contributed by atoms with E-state index >= 15 is 0 Å². The van der Waals surface area contributed by atoms with Gasteiger partial charge in [-0.2, -0.15) is 0 Å². The molecule has 1 aliphatic heterocycles. The average molecular weight is 327 g/mol. The molecular formula is C15H19F2N3O3. The number of fused-ring (bicyclic) bond motifs is 1. The number of nitrogens with zero attached hydrogens (tertiary/aromatic N) is 2. The molecule has 4 rings (SSSR count). The number of aromatic nitrogens is 2. The molecule has 1 N–H and O–H groups in total. The molecule has 2 aliphatic carbocycles. The van der Waals surface area contributed by atoms with Crippen LogP contribution in [0.1, 0.15) is 43.9 Å². The molecule has 0 aromatic carbocycles. The SMILES string of the molecule is O=C([C@H]1CC[C@@H]2[C@H](C1)C2(F)F)N1CCC(c2n[nH]c(=O)o2)CC1. The van der Waals surface area contributed by atoms with Crippen molar-refractivity contribution >= 4 is 5.91 Å². The predicted octanol–water partition coefficient (Wildman–Crippen LogP) is 1.75. The maximum Gasteiger partial charge on any atom is 0.434 e. The molecule has 2 heterocycles. The minimum absolute atomic E-state index is 0.00748. The number of H-pyrrole nitrogens is 1. The highest BCUT2D eigenvalue weighted by Gasteiger charge is 2.69. The third-order valence-corrected chi connectivity index (χ3v) is 5.69. The monoisotopic (exact) mass is 327 g/mol. The first kappa shape index (κ1) is 14.8. The number of likely N-dealkylation sites (tertiary alicyclic amines) is 1. The number of hydrogen-bond acceptors (Lipinski definition) is 4. The Hall–Kier alpha value is -1.73. The van der Waals surface area contributed by atoms with E-state index in [0.29, 0.717) is 51.1 Å². The lowest BCUT2D eigenvalue weighted by atomic mass is 9.87. The summed E-state index contributed by atoms with van der Waals surface area (Å²) in [6.45, 7) is 1.11. The molecule has 3 atom stereocenters. The molecule has 3 fully saturated rings. The quantitative estimate of drug-likeness (QED) is 0.897. The lowest BCUT2D eigenvalue weighted by Crippen LogP contribution is -2.42. The Morgan fingerprint density at radius 1 is 1.22 bits per heavy atom. The first-order chi connectivity index (χ1) is 11.0. The van der Waals surface area contributed by atoms with Crippen molar-refractivity contribution < 1.29 is 18.0 Å². The second kappa shape index (κ2) is 5.14. The number of rotatable bonds is 2. The molecule has 8 heteroatoms. The van der Waals surface area contributed by atoms with Gasteiger partial charge in [0, 0.05) is 36.8 Å². The standard InChI is InChI=1S/C15H19F2N3O3/c16-15(17)10-2-1-9(7-11(10)15)13(21)20-5-3-8(4-6-20)12-18-19-14(22)23-12/h8-11H,1-7H2,(H,19,22)/t9-,10+,11-/m0/s1. The molecule has 126 valence electrons. The molecule has 1 aromatic rings. The van der Waals surface area contributed by atoms with E-state index in [9.17, 15) is 18.4 Å². The highest BCUT2D eigenvalue weighted by atomic mass is 19.3. The number of nitrogens with one attached hydrogen (secondary N) is 1. The average Bonchev–Trinajstić information content (AvgIpc) is 2.89. The molecule has 1 amide bonds. The van der Waals surface area contributed by atoms with Crippen LogP contribution in [0.3, 0.4) is 0 Å². The van der Waals surface area contributed by atoms with Crippen LogP contribution in [0.2, 0.25) is 0 Å². The van der Waals surface area contributed by atoms with Gasteiger partial charge in [-0.15, -0.1) is 5.10 Å². The van der Waals surface area contributed by atoms with Gasteiger partial charge in [-0.3, -0.25) is 4.79 Å². The molecule has 6 nitrogen and oxygen atoms in total. The number of halogens is 2. The lowest BCUT2D eigenvalue weighted by Gasteiger charge is -2.33. The molecule has 1 saturated heterocycles. The summed E-state index contributed by atoms with van der Waals surface area (Å²) in [5, 5.41) is 6.08. The van der Waals surface area contributed by atoms with Gasteiger partial charge in [-0.1, -0.05) is 0 Å². The van der Waals surface area contributed by atoms with Crippen LogP contribution in [0.15, 0.2) is 9.21 Å². The molecule has 2 saturated carbocycles. The summed E-state index contributed by atoms with van der Waals surface area (Å²) in [6.07, 6.45) is 2.71. The molecular weight excluding hydrogens is 308 g/mol. The fraction of sp³-hybridized carbons (Fsp3) is 0.800. The van der Waals surface area contributed by atoms with E-state index in [0.717, 1.165) is 0 Å². The van der Waals surface area contributed by atoms with E-state index in [2.05, 4.69) is 10.2 Å². The molecule has 23 heavy (non-hydrogen) atoms. The smallest absolute Gasteiger partial charge is 0.392 e. The Labute approximate surface area is 131 Å². The van der Waals surface area contributed by atoms with Crippen LogP contribution >= 0.6 is 0 Å². The van der Waals surface area contributed by atoms with Crippen molar-refractivity contribution in [3.63, 3.8) is 0 Å². The minimum Gasteiger partial charge on any atom is -0.392 e. The molecule has 3 aliphatic rings. The van der Waals surface area contributed by atoms with Crippen LogP contribution in [0.25, 0.3) is 0 Å². The van der Waals surface area contributed by atoms with Crippen LogP contribution in [-0.4, -0.2) is 40.0 Å². The molecule has 0 unspecified atom stereocenters. The Balaban J connectivity index is 1.33. The van der Waals surface area contributed by atoms with Crippen LogP contribution in [-0.2, 0) is 4.79 Å². The van der Waals surface area contributed by atoms with Gasteiger partial charge in [0.05, 0.1) is 0 Å². The van der Waals surface area contributed by atoms with E-state index in [4.69, 9.17) is 4.42 Å². The Bertz CT molecular complexity index is 663. The Morgan fingerprint density at radius 2 is 1.96 bits per heavy atom. The van der Waals surface area contributed by atoms with Gasteiger partial charge in [-0.25, -0.2) is 18.7 Å². The Kier molecular flexibility index (Phi) is 3.32. The highest BCUT2D eigenvalue weighted by Crippen LogP contribution is 2.63. The van der Waals surface area contributed by atoms with Gasteiger partial charge in [0.1, 0.15) is 0 Å². The number of piperidine rings is 1. The highest BCUT2D eigenvalue weighted by molar-refractivity contribution is 5.79. The third kappa shape index (κ3) is 2.48. The van der Waals surface area contributed by atoms with Crippen molar-refractivity contribution in [3.8, 4) is 0 Å². The van der Waals surface area contributed by atoms with Gasteiger partial charge in [-0.05, 0) is 32.1 Å². The zero-order valence-electron chi connectivity index (χ0n) is 12.6. The van der Waals surface area contributed by atoms with Crippen molar-refractivity contribution in [2.75, 3.05) is 13.1 Å². The summed E-state index contributed by atoms with van der Waals surface area (Å²) in [6, 6.07) is 0. The van der Waals surface area contributed by atoms with Gasteiger partial charge in [0.2, 0.25) is 11.8 Å². The summed E-state index contributed by atoms with van der Waals surface area (Å²) in [4.78, 5) is 25.3. The second-order valence-electron chi connectivity index (χ2n) is 6.95. The fourth-order valence-corrected chi connectivity index (χ4v) is 4.23. The Morgan fingerprint density at radius 3 is 2.57 bits per heavy atom. The molecule has 1 aromatic heterocycles. The first-order valence-corrected chi connectivity index (χ1v) is 8.19. The maximum atomic E-state index is 13.5. The first-order valence-electron chi connectivity index (χ1n) is 8.19. The van der Waals surface area contributed by atoms with Crippen molar-refractivity contribution in [2.45, 2.75) is 43.9 Å². The number of hydrogen-bond donors (Lipinski definition) is 1. The van der Waals surface area contributed by atoms with Crippen LogP contribution < -0.4 is 5.76 Å². The van der Waals surface area contributed by atoms with E-state index < -0.39 is 23.5 Å². The summed E-state index contributed by atoms with van der Waals surface area (Å²) in [5.74, 6) is -4.01. The fourth-order valence-electron chi connectivity index (χ4n) is 4.23. The predicted molar refractivity (Wildman–Crippen MR) is 74.9 cm³/mol. The second-order valence-corrected chi connectivity index (χ2v) is 6.95. The van der Waals surface area contributed by atoms with Crippen molar-refractivity contribution in [1.29, 1.82) is 0 Å². The van der Waals surface area contributed by atoms with Crippen molar-refractivity contribution in [3.05, 3.63) is 16.4 Å². The largest absolute Gasteiger partial charge is 0.434 e. The normalized spacial score (nSPS) is 33.3. The zero-order valence-corrected chi connectivity index (χ0v) is 12.6. The number of carbonyl (C=O) groups excluding carboxylic acids is 1. The number of alkyl halides is 2. The summed E-state index contributed by atoms with van der Waals surface area (Å²) in [5.41, 5.74) is 0.